The molecule has 0 aromatic carbocycles. The summed E-state index contributed by atoms with van der Waals surface area (Å²) in [4.78, 5) is 11.0. The van der Waals surface area contributed by atoms with Gasteiger partial charge in [0.05, 0.1) is 11.5 Å². The second-order valence-corrected chi connectivity index (χ2v) is 8.20. The molecule has 0 radical (unpaired) electrons. The van der Waals surface area contributed by atoms with Crippen LogP contribution >= 0.6 is 0 Å². The molecule has 1 fully saturated rings. The van der Waals surface area contributed by atoms with Crippen LogP contribution in [0.1, 0.15) is 32.0 Å². The van der Waals surface area contributed by atoms with Gasteiger partial charge in [-0.2, -0.15) is 0 Å². The van der Waals surface area contributed by atoms with Crippen LogP contribution < -0.4 is 10.2 Å². The van der Waals surface area contributed by atoms with Crippen LogP contribution in [0.15, 0.2) is 6.20 Å². The minimum atomic E-state index is -2.92. The van der Waals surface area contributed by atoms with Crippen LogP contribution in [-0.2, 0) is 16.4 Å². The highest BCUT2D eigenvalue weighted by Gasteiger charge is 2.29. The smallest absolute Gasteiger partial charge is 0.225 e. The molecule has 2 heterocycles. The molecule has 1 unspecified atom stereocenters. The number of anilines is 1. The summed E-state index contributed by atoms with van der Waals surface area (Å²) < 4.78 is 23.3. The molecule has 7 heteroatoms. The van der Waals surface area contributed by atoms with Crippen molar-refractivity contribution in [3.63, 3.8) is 0 Å². The van der Waals surface area contributed by atoms with Crippen LogP contribution in [-0.4, -0.2) is 48.5 Å². The second-order valence-electron chi connectivity index (χ2n) is 5.97. The first-order chi connectivity index (χ1) is 9.78. The lowest BCUT2D eigenvalue weighted by Gasteiger charge is -2.33. The summed E-state index contributed by atoms with van der Waals surface area (Å²) in [6, 6.07) is 0.333. The van der Waals surface area contributed by atoms with E-state index in [2.05, 4.69) is 29.1 Å². The summed E-state index contributed by atoms with van der Waals surface area (Å²) in [5.41, 5.74) is 2.01. The number of rotatable bonds is 4. The third-order valence-electron chi connectivity index (χ3n) is 3.70. The van der Waals surface area contributed by atoms with Crippen molar-refractivity contribution in [3.05, 3.63) is 17.5 Å². The third kappa shape index (κ3) is 4.14. The lowest BCUT2D eigenvalue weighted by Crippen LogP contribution is -2.47. The normalized spacial score (nSPS) is 21.8. The van der Waals surface area contributed by atoms with Gasteiger partial charge in [-0.15, -0.1) is 0 Å². The number of nitrogens with one attached hydrogen (secondary N) is 1. The summed E-state index contributed by atoms with van der Waals surface area (Å²) in [7, 11) is -2.92. The Bertz CT molecular complexity index is 601. The quantitative estimate of drug-likeness (QED) is 0.890. The lowest BCUT2D eigenvalue weighted by atomic mass is 10.2. The first-order valence-electron chi connectivity index (χ1n) is 7.31. The molecule has 1 aliphatic rings. The summed E-state index contributed by atoms with van der Waals surface area (Å²) in [6.45, 7) is 9.28. The Kier molecular flexibility index (Phi) is 4.83. The molecule has 1 aromatic heterocycles. The van der Waals surface area contributed by atoms with E-state index in [1.54, 1.807) is 0 Å². The molecule has 1 N–H and O–H groups in total. The third-order valence-corrected chi connectivity index (χ3v) is 5.49. The van der Waals surface area contributed by atoms with Crippen LogP contribution in [0.25, 0.3) is 0 Å². The monoisotopic (exact) mass is 312 g/mol. The summed E-state index contributed by atoms with van der Waals surface area (Å²) in [5, 5.41) is 3.35. The largest absolute Gasteiger partial charge is 0.336 e. The fourth-order valence-corrected chi connectivity index (χ4v) is 3.96. The fraction of sp³-hybridized carbons (Fsp3) is 0.714. The van der Waals surface area contributed by atoms with Crippen LogP contribution in [0, 0.1) is 6.92 Å². The van der Waals surface area contributed by atoms with Gasteiger partial charge in [-0.05, 0) is 13.8 Å². The van der Waals surface area contributed by atoms with Crippen LogP contribution in [0.5, 0.6) is 0 Å². The Hall–Kier alpha value is -1.21. The molecule has 0 amide bonds. The average molecular weight is 312 g/mol. The number of sulfone groups is 1. The van der Waals surface area contributed by atoms with E-state index in [0.29, 0.717) is 18.5 Å². The standard InChI is InChI=1S/C14H24N4O2S/c1-10(2)15-7-13-8-16-14(17-12(13)4)18-5-6-21(19,20)9-11(18)3/h8,10-11,15H,5-7,9H2,1-4H3. The summed E-state index contributed by atoms with van der Waals surface area (Å²) in [5.74, 6) is 0.978. The maximum Gasteiger partial charge on any atom is 0.225 e. The molecule has 2 rings (SSSR count). The highest BCUT2D eigenvalue weighted by Crippen LogP contribution is 2.18. The highest BCUT2D eigenvalue weighted by molar-refractivity contribution is 7.91. The van der Waals surface area contributed by atoms with Gasteiger partial charge >= 0.3 is 0 Å². The van der Waals surface area contributed by atoms with Gasteiger partial charge in [-0.3, -0.25) is 0 Å². The summed E-state index contributed by atoms with van der Waals surface area (Å²) in [6.07, 6.45) is 1.84. The molecule has 6 nitrogen and oxygen atoms in total. The van der Waals surface area contributed by atoms with Crippen LogP contribution in [0.3, 0.4) is 0 Å². The zero-order valence-electron chi connectivity index (χ0n) is 13.1. The Morgan fingerprint density at radius 2 is 2.19 bits per heavy atom. The molecule has 0 bridgehead atoms. The summed E-state index contributed by atoms with van der Waals surface area (Å²) >= 11 is 0. The number of nitrogens with zero attached hydrogens (tertiary/aromatic N) is 3. The van der Waals surface area contributed by atoms with E-state index in [1.165, 1.54) is 0 Å². The molecule has 0 saturated carbocycles. The van der Waals surface area contributed by atoms with E-state index in [9.17, 15) is 8.42 Å². The molecule has 1 saturated heterocycles. The Morgan fingerprint density at radius 3 is 2.76 bits per heavy atom. The molecule has 0 spiro atoms. The molecule has 118 valence electrons. The Balaban J connectivity index is 2.13. The van der Waals surface area contributed by atoms with Crippen LogP contribution in [0.2, 0.25) is 0 Å². The van der Waals surface area contributed by atoms with E-state index in [-0.39, 0.29) is 17.5 Å². The van der Waals surface area contributed by atoms with Crippen molar-refractivity contribution in [1.29, 1.82) is 0 Å². The van der Waals surface area contributed by atoms with Crippen molar-refractivity contribution in [3.8, 4) is 0 Å². The van der Waals surface area contributed by atoms with Gasteiger partial charge in [-0.25, -0.2) is 18.4 Å². The Labute approximate surface area is 126 Å². The van der Waals surface area contributed by atoms with E-state index >= 15 is 0 Å². The van der Waals surface area contributed by atoms with Crippen molar-refractivity contribution in [2.24, 2.45) is 0 Å². The van der Waals surface area contributed by atoms with Crippen molar-refractivity contribution in [2.75, 3.05) is 23.0 Å². The first kappa shape index (κ1) is 16.2. The molecule has 1 aliphatic heterocycles. The molecule has 0 aliphatic carbocycles. The van der Waals surface area contributed by atoms with Gasteiger partial charge < -0.3 is 10.2 Å². The number of hydrogen-bond donors (Lipinski definition) is 1. The maximum atomic E-state index is 11.6. The van der Waals surface area contributed by atoms with Gasteiger partial charge in [0.1, 0.15) is 0 Å². The van der Waals surface area contributed by atoms with E-state index in [4.69, 9.17) is 0 Å². The fourth-order valence-electron chi connectivity index (χ4n) is 2.40. The number of aromatic nitrogens is 2. The van der Waals surface area contributed by atoms with Crippen molar-refractivity contribution in [1.82, 2.24) is 15.3 Å². The topological polar surface area (TPSA) is 75.2 Å². The predicted octanol–water partition coefficient (Wildman–Crippen LogP) is 0.906. The first-order valence-corrected chi connectivity index (χ1v) is 9.13. The lowest BCUT2D eigenvalue weighted by molar-refractivity contribution is 0.563. The van der Waals surface area contributed by atoms with E-state index < -0.39 is 9.84 Å². The minimum absolute atomic E-state index is 0.0808. The van der Waals surface area contributed by atoms with Gasteiger partial charge in [0.25, 0.3) is 0 Å². The van der Waals surface area contributed by atoms with Gasteiger partial charge in [0.15, 0.2) is 9.84 Å². The molecule has 21 heavy (non-hydrogen) atoms. The number of aryl methyl sites for hydroxylation is 1. The Morgan fingerprint density at radius 1 is 1.48 bits per heavy atom. The zero-order valence-corrected chi connectivity index (χ0v) is 13.9. The van der Waals surface area contributed by atoms with Crippen molar-refractivity contribution >= 4 is 15.8 Å². The predicted molar refractivity (Wildman–Crippen MR) is 84.2 cm³/mol. The van der Waals surface area contributed by atoms with Gasteiger partial charge in [0, 0.05) is 42.6 Å². The van der Waals surface area contributed by atoms with Crippen molar-refractivity contribution < 1.29 is 8.42 Å². The molecular weight excluding hydrogens is 288 g/mol. The van der Waals surface area contributed by atoms with Crippen LogP contribution in [0.4, 0.5) is 5.95 Å². The number of hydrogen-bond acceptors (Lipinski definition) is 6. The minimum Gasteiger partial charge on any atom is -0.336 e. The average Bonchev–Trinajstić information content (AvgIpc) is 2.36. The van der Waals surface area contributed by atoms with Crippen molar-refractivity contribution in [2.45, 2.75) is 46.3 Å². The van der Waals surface area contributed by atoms with E-state index in [1.807, 2.05) is 24.9 Å². The SMILES string of the molecule is Cc1nc(N2CCS(=O)(=O)CC2C)ncc1CNC(C)C. The van der Waals surface area contributed by atoms with E-state index in [0.717, 1.165) is 17.8 Å². The molecule has 1 aromatic rings. The molecular formula is C14H24N4O2S. The second kappa shape index (κ2) is 6.27. The zero-order chi connectivity index (χ0) is 15.6. The van der Waals surface area contributed by atoms with Gasteiger partial charge in [-0.1, -0.05) is 13.8 Å². The molecule has 1 atom stereocenters. The highest BCUT2D eigenvalue weighted by atomic mass is 32.2. The maximum absolute atomic E-state index is 11.6. The van der Waals surface area contributed by atoms with Gasteiger partial charge in [0.2, 0.25) is 5.95 Å².